The lowest BCUT2D eigenvalue weighted by Gasteiger charge is -2.22. The molecule has 1 saturated heterocycles. The summed E-state index contributed by atoms with van der Waals surface area (Å²) in [5.74, 6) is -0.420. The molecule has 2 aliphatic heterocycles. The van der Waals surface area contributed by atoms with Crippen molar-refractivity contribution in [3.63, 3.8) is 0 Å². The van der Waals surface area contributed by atoms with E-state index in [9.17, 15) is 18.0 Å². The maximum Gasteiger partial charge on any atom is 0.226 e. The van der Waals surface area contributed by atoms with Gasteiger partial charge < -0.3 is 9.80 Å². The van der Waals surface area contributed by atoms with Crippen molar-refractivity contribution in [3.8, 4) is 0 Å². The first-order chi connectivity index (χ1) is 13.3. The summed E-state index contributed by atoms with van der Waals surface area (Å²) >= 11 is 3.39. The molecule has 1 aromatic carbocycles. The second-order valence-corrected chi connectivity index (χ2v) is 10.4. The van der Waals surface area contributed by atoms with Crippen molar-refractivity contribution < 1.29 is 18.0 Å². The number of hydrogen-bond acceptors (Lipinski definition) is 4. The molecular weight excluding hydrogens is 444 g/mol. The van der Waals surface area contributed by atoms with E-state index in [-0.39, 0.29) is 28.9 Å². The van der Waals surface area contributed by atoms with E-state index < -0.39 is 9.84 Å². The number of amides is 2. The summed E-state index contributed by atoms with van der Waals surface area (Å²) in [5, 5.41) is 0. The zero-order valence-corrected chi connectivity index (χ0v) is 18.6. The zero-order valence-electron chi connectivity index (χ0n) is 16.2. The van der Waals surface area contributed by atoms with Crippen LogP contribution >= 0.6 is 15.9 Å². The molecule has 2 heterocycles. The molecule has 0 saturated carbocycles. The summed E-state index contributed by atoms with van der Waals surface area (Å²) in [4.78, 5) is 28.4. The number of nitrogens with zero attached hydrogens (tertiary/aromatic N) is 2. The number of carbonyl (C=O) groups is 2. The van der Waals surface area contributed by atoms with Gasteiger partial charge in [-0.15, -0.1) is 0 Å². The molecule has 0 radical (unpaired) electrons. The molecule has 28 heavy (non-hydrogen) atoms. The van der Waals surface area contributed by atoms with E-state index in [2.05, 4.69) is 15.9 Å². The molecule has 0 spiro atoms. The van der Waals surface area contributed by atoms with E-state index in [1.807, 2.05) is 6.07 Å². The Morgan fingerprint density at radius 2 is 1.71 bits per heavy atom. The van der Waals surface area contributed by atoms with Gasteiger partial charge in [0.25, 0.3) is 0 Å². The van der Waals surface area contributed by atoms with E-state index in [1.165, 1.54) is 0 Å². The quantitative estimate of drug-likeness (QED) is 0.661. The number of sulfone groups is 1. The fourth-order valence-electron chi connectivity index (χ4n) is 3.96. The summed E-state index contributed by atoms with van der Waals surface area (Å²) in [5.41, 5.74) is 1.35. The number of carbonyl (C=O) groups excluding carboxylic acids is 2. The van der Waals surface area contributed by atoms with Gasteiger partial charge >= 0.3 is 0 Å². The molecule has 0 unspecified atom stereocenters. The molecule has 1 aromatic rings. The van der Waals surface area contributed by atoms with Crippen LogP contribution in [0.4, 0.5) is 5.69 Å². The van der Waals surface area contributed by atoms with E-state index in [4.69, 9.17) is 0 Å². The van der Waals surface area contributed by atoms with Crippen LogP contribution in [0.3, 0.4) is 0 Å². The molecule has 0 aromatic heterocycles. The average Bonchev–Trinajstić information content (AvgIpc) is 2.90. The minimum absolute atomic E-state index is 0.0225. The highest BCUT2D eigenvalue weighted by atomic mass is 79.9. The summed E-state index contributed by atoms with van der Waals surface area (Å²) in [6.45, 7) is 3.69. The summed E-state index contributed by atoms with van der Waals surface area (Å²) in [6.07, 6.45) is 5.13. The molecule has 2 aliphatic rings. The second kappa shape index (κ2) is 8.95. The largest absolute Gasteiger partial charge is 0.343 e. The lowest BCUT2D eigenvalue weighted by Crippen LogP contribution is -2.33. The van der Waals surface area contributed by atoms with Crippen molar-refractivity contribution in [1.29, 1.82) is 0 Å². The highest BCUT2D eigenvalue weighted by Gasteiger charge is 2.32. The molecule has 3 rings (SSSR count). The highest BCUT2D eigenvalue weighted by molar-refractivity contribution is 9.10. The Kier molecular flexibility index (Phi) is 6.81. The van der Waals surface area contributed by atoms with Crippen molar-refractivity contribution in [1.82, 2.24) is 4.90 Å². The van der Waals surface area contributed by atoms with Gasteiger partial charge in [0, 0.05) is 36.9 Å². The topological polar surface area (TPSA) is 74.8 Å². The fourth-order valence-corrected chi connectivity index (χ4v) is 6.12. The lowest BCUT2D eigenvalue weighted by atomic mass is 10.2. The van der Waals surface area contributed by atoms with Crippen LogP contribution in [0.2, 0.25) is 0 Å². The molecule has 6 nitrogen and oxygen atoms in total. The molecule has 0 aliphatic carbocycles. The summed E-state index contributed by atoms with van der Waals surface area (Å²) in [7, 11) is -3.70. The van der Waals surface area contributed by atoms with Crippen molar-refractivity contribution in [3.05, 3.63) is 22.2 Å². The Balaban J connectivity index is 1.82. The third-order valence-electron chi connectivity index (χ3n) is 5.48. The normalized spacial score (nSPS) is 17.4. The first-order valence-electron chi connectivity index (χ1n) is 9.97. The van der Waals surface area contributed by atoms with Gasteiger partial charge in [0.15, 0.2) is 9.84 Å². The molecule has 0 atom stereocenters. The Labute approximate surface area is 175 Å². The number of hydrogen-bond donors (Lipinski definition) is 0. The first kappa shape index (κ1) is 21.3. The van der Waals surface area contributed by atoms with Crippen LogP contribution in [0, 0.1) is 0 Å². The smallest absolute Gasteiger partial charge is 0.226 e. The lowest BCUT2D eigenvalue weighted by molar-refractivity contribution is -0.130. The zero-order chi connectivity index (χ0) is 20.3. The summed E-state index contributed by atoms with van der Waals surface area (Å²) < 4.78 is 26.9. The Bertz CT molecular complexity index is 861. The van der Waals surface area contributed by atoms with Gasteiger partial charge in [-0.25, -0.2) is 8.42 Å². The third kappa shape index (κ3) is 4.59. The Morgan fingerprint density at radius 1 is 1.04 bits per heavy atom. The predicted octanol–water partition coefficient (Wildman–Crippen LogP) is 3.31. The molecule has 154 valence electrons. The maximum atomic E-state index is 13.1. The monoisotopic (exact) mass is 470 g/mol. The van der Waals surface area contributed by atoms with Gasteiger partial charge in [0.2, 0.25) is 11.8 Å². The van der Waals surface area contributed by atoms with E-state index in [0.717, 1.165) is 31.2 Å². The van der Waals surface area contributed by atoms with Gasteiger partial charge in [0.05, 0.1) is 16.3 Å². The van der Waals surface area contributed by atoms with Crippen LogP contribution in [0.25, 0.3) is 0 Å². The van der Waals surface area contributed by atoms with Gasteiger partial charge in [-0.2, -0.15) is 0 Å². The van der Waals surface area contributed by atoms with E-state index in [1.54, 1.807) is 22.8 Å². The van der Waals surface area contributed by atoms with Crippen LogP contribution in [0.5, 0.6) is 0 Å². The summed E-state index contributed by atoms with van der Waals surface area (Å²) in [6, 6.07) is 3.44. The third-order valence-corrected chi connectivity index (χ3v) is 7.66. The van der Waals surface area contributed by atoms with Crippen LogP contribution in [0.15, 0.2) is 21.5 Å². The van der Waals surface area contributed by atoms with Gasteiger partial charge in [0.1, 0.15) is 0 Å². The molecular formula is C20H27BrN2O4S. The number of benzene rings is 1. The predicted molar refractivity (Wildman–Crippen MR) is 112 cm³/mol. The molecule has 0 N–H and O–H groups in total. The molecule has 2 amide bonds. The van der Waals surface area contributed by atoms with Crippen LogP contribution < -0.4 is 4.90 Å². The van der Waals surface area contributed by atoms with Gasteiger partial charge in [-0.3, -0.25) is 9.59 Å². The highest BCUT2D eigenvalue weighted by Crippen LogP contribution is 2.38. The molecule has 0 bridgehead atoms. The van der Waals surface area contributed by atoms with Crippen molar-refractivity contribution >= 4 is 43.3 Å². The number of anilines is 1. The Morgan fingerprint density at radius 3 is 2.36 bits per heavy atom. The minimum atomic E-state index is -3.70. The number of likely N-dealkylation sites (tertiary alicyclic amines) is 1. The average molecular weight is 471 g/mol. The minimum Gasteiger partial charge on any atom is -0.343 e. The molecule has 8 heteroatoms. The van der Waals surface area contributed by atoms with Gasteiger partial charge in [-0.1, -0.05) is 35.7 Å². The maximum absolute atomic E-state index is 13.1. The Hall–Kier alpha value is -1.41. The van der Waals surface area contributed by atoms with Gasteiger partial charge in [-0.05, 0) is 37.0 Å². The van der Waals surface area contributed by atoms with Crippen LogP contribution in [-0.4, -0.2) is 50.5 Å². The number of rotatable bonds is 5. The van der Waals surface area contributed by atoms with Crippen LogP contribution in [-0.2, 0) is 25.8 Å². The number of halogens is 1. The molecule has 1 fully saturated rings. The van der Waals surface area contributed by atoms with E-state index in [0.29, 0.717) is 42.6 Å². The van der Waals surface area contributed by atoms with Crippen LogP contribution in [0.1, 0.15) is 51.0 Å². The fraction of sp³-hybridized carbons (Fsp3) is 0.600. The second-order valence-electron chi connectivity index (χ2n) is 7.42. The van der Waals surface area contributed by atoms with Crippen molar-refractivity contribution in [2.45, 2.75) is 56.8 Å². The standard InChI is InChI=1S/C20H27BrN2O4S/c1-2-18(24)23-11-7-15-13-16(21)14-17(20(15)23)28(26,27)12-8-19(25)22-9-5-3-4-6-10-22/h13-14H,2-12H2,1H3. The first-order valence-corrected chi connectivity index (χ1v) is 12.4. The number of fused-ring (bicyclic) bond motifs is 1. The SMILES string of the molecule is CCC(=O)N1CCc2cc(Br)cc(S(=O)(=O)CCC(=O)N3CCCCCC3)c21. The van der Waals surface area contributed by atoms with Crippen molar-refractivity contribution in [2.24, 2.45) is 0 Å². The van der Waals surface area contributed by atoms with E-state index >= 15 is 0 Å². The van der Waals surface area contributed by atoms with Crippen molar-refractivity contribution in [2.75, 3.05) is 30.3 Å².